The molecular formula is C94H68N2. The van der Waals surface area contributed by atoms with Crippen LogP contribution in [0.5, 0.6) is 0 Å². The molecule has 0 aliphatic heterocycles. The number of para-hydroxylation sites is 2. The molecule has 18 rings (SSSR count). The van der Waals surface area contributed by atoms with Gasteiger partial charge in [-0.1, -0.05) is 303 Å². The smallest absolute Gasteiger partial charge is 0.0714 e. The summed E-state index contributed by atoms with van der Waals surface area (Å²) in [7, 11) is 0. The highest BCUT2D eigenvalue weighted by atomic mass is 15.2. The summed E-state index contributed by atoms with van der Waals surface area (Å²) in [5.41, 5.74) is 30.3. The number of nitrogens with zero attached hydrogens (tertiary/aromatic N) is 2. The van der Waals surface area contributed by atoms with E-state index in [4.69, 9.17) is 0 Å². The molecule has 0 spiro atoms. The van der Waals surface area contributed by atoms with Gasteiger partial charge in [-0.3, -0.25) is 0 Å². The van der Waals surface area contributed by atoms with E-state index in [0.717, 1.165) is 33.9 Å². The quantitative estimate of drug-likeness (QED) is 0.113. The Hall–Kier alpha value is -11.8. The van der Waals surface area contributed by atoms with Gasteiger partial charge in [0.2, 0.25) is 0 Å². The molecular weight excluding hydrogens is 1160 g/mol. The highest BCUT2D eigenvalue weighted by molar-refractivity contribution is 6.32. The third-order valence-corrected chi connectivity index (χ3v) is 21.2. The lowest BCUT2D eigenvalue weighted by atomic mass is 9.67. The molecule has 0 aromatic heterocycles. The van der Waals surface area contributed by atoms with E-state index in [1.165, 1.54) is 144 Å². The lowest BCUT2D eigenvalue weighted by Gasteiger charge is -2.36. The predicted octanol–water partition coefficient (Wildman–Crippen LogP) is 24.8. The molecule has 96 heavy (non-hydrogen) atoms. The Morgan fingerprint density at radius 1 is 0.219 bits per heavy atom. The molecule has 0 N–H and O–H groups in total. The minimum atomic E-state index is -0.600. The van der Waals surface area contributed by atoms with Crippen molar-refractivity contribution in [3.63, 3.8) is 0 Å². The SMILES string of the molecule is Cc1cccc(C)c1N(c1ccc(C2(c3ccccc3)c3ccccc3-c3ccccc32)cc1)c1cc(-c2ccccc2)c2ccc3c(N(c4cccc(C5(c6ccccc6)c6ccccc6-c6ccccc65)c4)c4c(C)cccc4C)cc(-c4ccccc4)c4ccc1c2c43. The average Bonchev–Trinajstić information content (AvgIpc) is 1.36. The van der Waals surface area contributed by atoms with Crippen LogP contribution in [-0.4, -0.2) is 0 Å². The molecule has 2 aliphatic carbocycles. The van der Waals surface area contributed by atoms with Crippen LogP contribution in [0, 0.1) is 27.7 Å². The van der Waals surface area contributed by atoms with E-state index >= 15 is 0 Å². The van der Waals surface area contributed by atoms with Gasteiger partial charge in [0.05, 0.1) is 33.6 Å². The van der Waals surface area contributed by atoms with Crippen LogP contribution in [0.25, 0.3) is 76.8 Å². The standard InChI is InChI=1S/C94H68N2/c1-61-28-25-29-62(2)91(61)95(71-52-50-69(51-53-71)93(67-36-13-7-14-37-67)83-46-21-17-42-73(83)74-43-18-22-47-84(74)93)87-59-81(65-32-9-5-10-33-65)77-55-57-80-88(60-82(66-34-11-6-12-35-66)78-54-56-79(87)89(77)90(78)80)96(92-63(3)30-26-31-64(92)4)72-41-27-40-70(58-72)94(68-38-15-8-16-39-68)85-48-23-19-44-75(85)76-45-20-24-49-86(76)94/h5-60H,1-4H3. The van der Waals surface area contributed by atoms with Crippen molar-refractivity contribution >= 4 is 66.4 Å². The zero-order valence-electron chi connectivity index (χ0n) is 54.2. The van der Waals surface area contributed by atoms with Crippen LogP contribution in [0.1, 0.15) is 66.8 Å². The largest absolute Gasteiger partial charge is 0.309 e. The first-order chi connectivity index (χ1) is 47.3. The molecule has 0 saturated heterocycles. The maximum absolute atomic E-state index is 2.60. The van der Waals surface area contributed by atoms with Gasteiger partial charge < -0.3 is 9.80 Å². The van der Waals surface area contributed by atoms with Crippen molar-refractivity contribution in [2.24, 2.45) is 0 Å². The first kappa shape index (κ1) is 56.9. The molecule has 0 bridgehead atoms. The maximum Gasteiger partial charge on any atom is 0.0714 e. The van der Waals surface area contributed by atoms with Crippen molar-refractivity contribution in [3.8, 4) is 44.5 Å². The summed E-state index contributed by atoms with van der Waals surface area (Å²) in [5.74, 6) is 0. The molecule has 0 unspecified atom stereocenters. The van der Waals surface area contributed by atoms with Crippen LogP contribution < -0.4 is 9.80 Å². The van der Waals surface area contributed by atoms with Crippen LogP contribution in [0.3, 0.4) is 0 Å². The number of anilines is 6. The third-order valence-electron chi connectivity index (χ3n) is 21.2. The zero-order chi connectivity index (χ0) is 64.2. The molecule has 0 fully saturated rings. The van der Waals surface area contributed by atoms with Gasteiger partial charge >= 0.3 is 0 Å². The van der Waals surface area contributed by atoms with Gasteiger partial charge in [-0.15, -0.1) is 0 Å². The summed E-state index contributed by atoms with van der Waals surface area (Å²) < 4.78 is 0. The molecule has 0 saturated carbocycles. The Morgan fingerprint density at radius 2 is 0.531 bits per heavy atom. The summed E-state index contributed by atoms with van der Waals surface area (Å²) in [6.45, 7) is 9.11. The average molecular weight is 1230 g/mol. The van der Waals surface area contributed by atoms with Gasteiger partial charge in [0.1, 0.15) is 0 Å². The molecule has 2 aliphatic rings. The van der Waals surface area contributed by atoms with Crippen LogP contribution in [0.4, 0.5) is 34.1 Å². The lowest BCUT2D eigenvalue weighted by molar-refractivity contribution is 0.768. The molecule has 454 valence electrons. The fraction of sp³-hybridized carbons (Fsp3) is 0.0638. The molecule has 2 heteroatoms. The first-order valence-electron chi connectivity index (χ1n) is 33.7. The Labute approximate surface area is 562 Å². The molecule has 16 aromatic rings. The van der Waals surface area contributed by atoms with Crippen LogP contribution >= 0.6 is 0 Å². The van der Waals surface area contributed by atoms with Crippen LogP contribution in [0.2, 0.25) is 0 Å². The number of benzene rings is 16. The van der Waals surface area contributed by atoms with Crippen LogP contribution in [-0.2, 0) is 10.8 Å². The van der Waals surface area contributed by atoms with Gasteiger partial charge in [-0.25, -0.2) is 0 Å². The highest BCUT2D eigenvalue weighted by Crippen LogP contribution is 2.60. The summed E-state index contributed by atoms with van der Waals surface area (Å²) >= 11 is 0. The molecule has 2 nitrogen and oxygen atoms in total. The van der Waals surface area contributed by atoms with E-state index < -0.39 is 10.8 Å². The van der Waals surface area contributed by atoms with Gasteiger partial charge in [-0.05, 0) is 186 Å². The third kappa shape index (κ3) is 8.38. The van der Waals surface area contributed by atoms with Gasteiger partial charge in [0, 0.05) is 32.9 Å². The number of aryl methyl sites for hydroxylation is 4. The van der Waals surface area contributed by atoms with Crippen molar-refractivity contribution < 1.29 is 0 Å². The lowest BCUT2D eigenvalue weighted by Crippen LogP contribution is -2.29. The van der Waals surface area contributed by atoms with Gasteiger partial charge in [-0.2, -0.15) is 0 Å². The Kier molecular flexibility index (Phi) is 13.3. The molecule has 0 heterocycles. The van der Waals surface area contributed by atoms with Crippen molar-refractivity contribution in [1.82, 2.24) is 0 Å². The molecule has 0 radical (unpaired) electrons. The van der Waals surface area contributed by atoms with Crippen molar-refractivity contribution in [1.29, 1.82) is 0 Å². The van der Waals surface area contributed by atoms with E-state index in [9.17, 15) is 0 Å². The normalized spacial score (nSPS) is 13.2. The molecule has 0 atom stereocenters. The Bertz CT molecular complexity index is 5560. The van der Waals surface area contributed by atoms with Crippen LogP contribution in [0.15, 0.2) is 340 Å². The van der Waals surface area contributed by atoms with E-state index in [1.54, 1.807) is 0 Å². The van der Waals surface area contributed by atoms with E-state index in [-0.39, 0.29) is 0 Å². The molecule has 16 aromatic carbocycles. The minimum absolute atomic E-state index is 0.541. The van der Waals surface area contributed by atoms with Crippen molar-refractivity contribution in [2.75, 3.05) is 9.80 Å². The maximum atomic E-state index is 2.60. The highest BCUT2D eigenvalue weighted by Gasteiger charge is 2.48. The van der Waals surface area contributed by atoms with Gasteiger partial charge in [0.15, 0.2) is 0 Å². The van der Waals surface area contributed by atoms with E-state index in [0.29, 0.717) is 0 Å². The monoisotopic (exact) mass is 1220 g/mol. The van der Waals surface area contributed by atoms with E-state index in [2.05, 4.69) is 377 Å². The fourth-order valence-electron chi connectivity index (χ4n) is 17.3. The second-order valence-electron chi connectivity index (χ2n) is 26.4. The zero-order valence-corrected chi connectivity index (χ0v) is 54.2. The van der Waals surface area contributed by atoms with Crippen molar-refractivity contribution in [3.05, 3.63) is 406 Å². The molecule has 0 amide bonds. The Balaban J connectivity index is 0.924. The van der Waals surface area contributed by atoms with E-state index in [1.807, 2.05) is 0 Å². The fourth-order valence-corrected chi connectivity index (χ4v) is 17.3. The number of hydrogen-bond acceptors (Lipinski definition) is 2. The van der Waals surface area contributed by atoms with Gasteiger partial charge in [0.25, 0.3) is 0 Å². The number of fused-ring (bicyclic) bond motifs is 6. The predicted molar refractivity (Wildman–Crippen MR) is 404 cm³/mol. The topological polar surface area (TPSA) is 6.48 Å². The summed E-state index contributed by atoms with van der Waals surface area (Å²) in [4.78, 5) is 5.18. The Morgan fingerprint density at radius 3 is 0.938 bits per heavy atom. The summed E-state index contributed by atoms with van der Waals surface area (Å²) in [6, 6.07) is 128. The number of rotatable bonds is 12. The second kappa shape index (κ2) is 22.4. The van der Waals surface area contributed by atoms with Crippen molar-refractivity contribution in [2.45, 2.75) is 38.5 Å². The minimum Gasteiger partial charge on any atom is -0.309 e. The summed E-state index contributed by atoms with van der Waals surface area (Å²) in [6.07, 6.45) is 0. The number of hydrogen-bond donors (Lipinski definition) is 0. The first-order valence-corrected chi connectivity index (χ1v) is 33.7. The second-order valence-corrected chi connectivity index (χ2v) is 26.4. The summed E-state index contributed by atoms with van der Waals surface area (Å²) in [5, 5.41) is 7.22.